The van der Waals surface area contributed by atoms with Crippen molar-refractivity contribution in [2.24, 2.45) is 0 Å². The molecular weight excluding hydrogens is 212 g/mol. The Bertz CT molecular complexity index is 503. The van der Waals surface area contributed by atoms with E-state index in [1.165, 1.54) is 5.56 Å². The molecule has 2 aromatic rings. The van der Waals surface area contributed by atoms with E-state index in [1.807, 2.05) is 42.5 Å². The fraction of sp³-hybridized carbons (Fsp3) is 0.133. The van der Waals surface area contributed by atoms with Crippen LogP contribution in [0.3, 0.4) is 0 Å². The summed E-state index contributed by atoms with van der Waals surface area (Å²) < 4.78 is 0. The highest BCUT2D eigenvalue weighted by Gasteiger charge is 2.02. The molecule has 2 heteroatoms. The second-order valence-electron chi connectivity index (χ2n) is 3.93. The molecule has 0 spiro atoms. The van der Waals surface area contributed by atoms with Gasteiger partial charge in [0.15, 0.2) is 0 Å². The Balaban J connectivity index is 2.12. The molecule has 0 radical (unpaired) electrons. The molecule has 0 saturated heterocycles. The highest BCUT2D eigenvalue weighted by Crippen LogP contribution is 2.11. The zero-order valence-corrected chi connectivity index (χ0v) is 9.43. The average Bonchev–Trinajstić information content (AvgIpc) is 2.38. The summed E-state index contributed by atoms with van der Waals surface area (Å²) >= 11 is 0. The average molecular weight is 225 g/mol. The van der Waals surface area contributed by atoms with Gasteiger partial charge in [0.25, 0.3) is 0 Å². The van der Waals surface area contributed by atoms with E-state index in [4.69, 9.17) is 0 Å². The molecule has 17 heavy (non-hydrogen) atoms. The minimum absolute atomic E-state index is 0.295. The number of hydrogen-bond donors (Lipinski definition) is 0. The van der Waals surface area contributed by atoms with E-state index in [1.54, 1.807) is 12.1 Å². The maximum Gasteiger partial charge on any atom is 0.0718 e. The van der Waals surface area contributed by atoms with E-state index in [0.717, 1.165) is 12.0 Å². The molecule has 0 unspecified atom stereocenters. The summed E-state index contributed by atoms with van der Waals surface area (Å²) in [5, 5.41) is 10.9. The number of hydrogen-bond acceptors (Lipinski definition) is 2. The second-order valence-corrected chi connectivity index (χ2v) is 3.93. The van der Waals surface area contributed by atoms with Crippen molar-refractivity contribution < 1.29 is 9.90 Å². The lowest BCUT2D eigenvalue weighted by Crippen LogP contribution is -2.23. The van der Waals surface area contributed by atoms with Crippen LogP contribution in [0.4, 0.5) is 0 Å². The fourth-order valence-corrected chi connectivity index (χ4v) is 1.86. The summed E-state index contributed by atoms with van der Waals surface area (Å²) in [5.74, 6) is -1.10. The lowest BCUT2D eigenvalue weighted by molar-refractivity contribution is -0.255. The van der Waals surface area contributed by atoms with E-state index in [9.17, 15) is 9.90 Å². The maximum absolute atomic E-state index is 10.9. The third-order valence-corrected chi connectivity index (χ3v) is 2.76. The van der Waals surface area contributed by atoms with Crippen LogP contribution >= 0.6 is 0 Å². The van der Waals surface area contributed by atoms with Gasteiger partial charge in [-0.2, -0.15) is 0 Å². The van der Waals surface area contributed by atoms with Crippen LogP contribution in [-0.2, 0) is 12.8 Å². The van der Waals surface area contributed by atoms with Crippen molar-refractivity contribution in [3.63, 3.8) is 0 Å². The normalized spacial score (nSPS) is 10.1. The predicted octanol–water partition coefficient (Wildman–Crippen LogP) is 1.84. The van der Waals surface area contributed by atoms with Crippen LogP contribution in [0.25, 0.3) is 0 Å². The van der Waals surface area contributed by atoms with Gasteiger partial charge in [-0.05, 0) is 24.0 Å². The second kappa shape index (κ2) is 5.30. The molecule has 0 atom stereocenters. The van der Waals surface area contributed by atoms with Crippen molar-refractivity contribution in [2.45, 2.75) is 12.8 Å². The van der Waals surface area contributed by atoms with Crippen LogP contribution in [0.5, 0.6) is 0 Å². The van der Waals surface area contributed by atoms with Crippen molar-refractivity contribution >= 4 is 5.97 Å². The quantitative estimate of drug-likeness (QED) is 0.796. The topological polar surface area (TPSA) is 40.1 Å². The molecule has 2 aromatic carbocycles. The third-order valence-electron chi connectivity index (χ3n) is 2.76. The standard InChI is InChI=1S/C15H14O2/c16-15(17)14-9-5-4-8-13(14)11-10-12-6-2-1-3-7-12/h1-9H,10-11H2,(H,16,17)/p-1. The number of carboxylic acids is 1. The van der Waals surface area contributed by atoms with Crippen molar-refractivity contribution in [2.75, 3.05) is 0 Å². The van der Waals surface area contributed by atoms with E-state index in [2.05, 4.69) is 0 Å². The van der Waals surface area contributed by atoms with Gasteiger partial charge in [-0.1, -0.05) is 54.6 Å². The number of rotatable bonds is 4. The van der Waals surface area contributed by atoms with E-state index in [-0.39, 0.29) is 0 Å². The summed E-state index contributed by atoms with van der Waals surface area (Å²) in [7, 11) is 0. The van der Waals surface area contributed by atoms with Crippen LogP contribution in [0.1, 0.15) is 21.5 Å². The molecule has 0 bridgehead atoms. The molecule has 0 heterocycles. The molecule has 86 valence electrons. The molecular formula is C15H13O2-. The first kappa shape index (κ1) is 11.4. The summed E-state index contributed by atoms with van der Waals surface area (Å²) in [6, 6.07) is 17.0. The minimum Gasteiger partial charge on any atom is -0.545 e. The van der Waals surface area contributed by atoms with Gasteiger partial charge in [0, 0.05) is 5.56 Å². The Morgan fingerprint density at radius 1 is 0.882 bits per heavy atom. The molecule has 0 aliphatic carbocycles. The zero-order chi connectivity index (χ0) is 12.1. The number of aryl methyl sites for hydroxylation is 2. The predicted molar refractivity (Wildman–Crippen MR) is 64.6 cm³/mol. The van der Waals surface area contributed by atoms with Crippen LogP contribution in [0, 0.1) is 0 Å². The Hall–Kier alpha value is -2.09. The summed E-state index contributed by atoms with van der Waals surface area (Å²) in [4.78, 5) is 10.9. The smallest absolute Gasteiger partial charge is 0.0718 e. The number of aromatic carboxylic acids is 1. The van der Waals surface area contributed by atoms with Gasteiger partial charge >= 0.3 is 0 Å². The molecule has 0 aliphatic rings. The van der Waals surface area contributed by atoms with E-state index < -0.39 is 5.97 Å². The van der Waals surface area contributed by atoms with Crippen LogP contribution in [0.2, 0.25) is 0 Å². The van der Waals surface area contributed by atoms with E-state index in [0.29, 0.717) is 12.0 Å². The molecule has 0 aliphatic heterocycles. The lowest BCUT2D eigenvalue weighted by atomic mass is 10.00. The molecule has 0 aromatic heterocycles. The summed E-state index contributed by atoms with van der Waals surface area (Å²) in [6.45, 7) is 0. The van der Waals surface area contributed by atoms with Gasteiger partial charge in [0.05, 0.1) is 5.97 Å². The van der Waals surface area contributed by atoms with Crippen molar-refractivity contribution in [1.82, 2.24) is 0 Å². The van der Waals surface area contributed by atoms with Gasteiger partial charge in [-0.15, -0.1) is 0 Å². The molecule has 2 nitrogen and oxygen atoms in total. The number of carbonyl (C=O) groups excluding carboxylic acids is 1. The van der Waals surface area contributed by atoms with Gasteiger partial charge in [0.2, 0.25) is 0 Å². The van der Waals surface area contributed by atoms with Gasteiger partial charge < -0.3 is 9.90 Å². The van der Waals surface area contributed by atoms with Crippen LogP contribution in [-0.4, -0.2) is 5.97 Å². The Labute approximate surface area is 101 Å². The number of carbonyl (C=O) groups is 1. The largest absolute Gasteiger partial charge is 0.545 e. The van der Waals surface area contributed by atoms with Crippen molar-refractivity contribution in [1.29, 1.82) is 0 Å². The Kier molecular flexibility index (Phi) is 3.55. The van der Waals surface area contributed by atoms with Crippen LogP contribution in [0.15, 0.2) is 54.6 Å². The Morgan fingerprint density at radius 3 is 2.24 bits per heavy atom. The molecule has 0 fully saturated rings. The lowest BCUT2D eigenvalue weighted by Gasteiger charge is -2.09. The van der Waals surface area contributed by atoms with Crippen molar-refractivity contribution in [3.05, 3.63) is 71.3 Å². The first-order valence-corrected chi connectivity index (χ1v) is 5.60. The number of carboxylic acid groups (broad SMARTS) is 1. The third kappa shape index (κ3) is 2.94. The SMILES string of the molecule is O=C([O-])c1ccccc1CCc1ccccc1. The molecule has 0 N–H and O–H groups in total. The minimum atomic E-state index is -1.10. The maximum atomic E-state index is 10.9. The molecule has 0 saturated carbocycles. The van der Waals surface area contributed by atoms with Crippen molar-refractivity contribution in [3.8, 4) is 0 Å². The Morgan fingerprint density at radius 2 is 1.53 bits per heavy atom. The number of benzene rings is 2. The summed E-state index contributed by atoms with van der Waals surface area (Å²) in [5.41, 5.74) is 2.33. The fourth-order valence-electron chi connectivity index (χ4n) is 1.86. The van der Waals surface area contributed by atoms with Gasteiger partial charge in [-0.3, -0.25) is 0 Å². The molecule has 0 amide bonds. The van der Waals surface area contributed by atoms with E-state index >= 15 is 0 Å². The van der Waals surface area contributed by atoms with Gasteiger partial charge in [0.1, 0.15) is 0 Å². The van der Waals surface area contributed by atoms with Gasteiger partial charge in [-0.25, -0.2) is 0 Å². The first-order valence-electron chi connectivity index (χ1n) is 5.60. The first-order chi connectivity index (χ1) is 8.27. The zero-order valence-electron chi connectivity index (χ0n) is 9.43. The highest BCUT2D eigenvalue weighted by molar-refractivity contribution is 5.87. The summed E-state index contributed by atoms with van der Waals surface area (Å²) in [6.07, 6.45) is 1.55. The highest BCUT2D eigenvalue weighted by atomic mass is 16.4. The monoisotopic (exact) mass is 225 g/mol. The molecule has 2 rings (SSSR count). The van der Waals surface area contributed by atoms with Crippen LogP contribution < -0.4 is 5.11 Å².